The van der Waals surface area contributed by atoms with Gasteiger partial charge in [-0.1, -0.05) is 6.07 Å². The fourth-order valence-electron chi connectivity index (χ4n) is 4.16. The number of nitrogens with one attached hydrogen (secondary N) is 1. The number of anilines is 1. The van der Waals surface area contributed by atoms with E-state index in [4.69, 9.17) is 4.74 Å². The number of ether oxygens (including phenoxy) is 1. The van der Waals surface area contributed by atoms with Gasteiger partial charge in [0, 0.05) is 13.1 Å². The number of sulfonamides is 2. The van der Waals surface area contributed by atoms with Crippen LogP contribution >= 0.6 is 0 Å². The van der Waals surface area contributed by atoms with E-state index < -0.39 is 32.0 Å². The zero-order chi connectivity index (χ0) is 25.8. The predicted molar refractivity (Wildman–Crippen MR) is 136 cm³/mol. The quantitative estimate of drug-likeness (QED) is 0.479. The molecule has 9 nitrogen and oxygen atoms in total. The summed E-state index contributed by atoms with van der Waals surface area (Å²) in [5.41, 5.74) is 2.23. The molecule has 0 radical (unpaired) electrons. The summed E-state index contributed by atoms with van der Waals surface area (Å²) < 4.78 is 58.4. The van der Waals surface area contributed by atoms with Gasteiger partial charge in [0.15, 0.2) is 0 Å². The van der Waals surface area contributed by atoms with E-state index in [1.54, 1.807) is 24.3 Å². The van der Waals surface area contributed by atoms with Gasteiger partial charge in [0.2, 0.25) is 26.0 Å². The molecular formula is C24H33N3O6S2. The Morgan fingerprint density at radius 2 is 1.60 bits per heavy atom. The average Bonchev–Trinajstić information content (AvgIpc) is 3.31. The molecule has 2 aromatic carbocycles. The molecule has 192 valence electrons. The molecule has 1 heterocycles. The molecule has 0 unspecified atom stereocenters. The van der Waals surface area contributed by atoms with Gasteiger partial charge in [-0.15, -0.1) is 0 Å². The number of aryl methyl sites for hydroxylation is 2. The number of rotatable bonds is 10. The van der Waals surface area contributed by atoms with Crippen LogP contribution in [0.2, 0.25) is 0 Å². The molecule has 3 rings (SSSR count). The molecule has 1 aliphatic rings. The van der Waals surface area contributed by atoms with Crippen molar-refractivity contribution in [2.45, 2.75) is 44.6 Å². The molecule has 35 heavy (non-hydrogen) atoms. The van der Waals surface area contributed by atoms with Crippen LogP contribution in [0.25, 0.3) is 0 Å². The number of amides is 1. The molecule has 11 heteroatoms. The van der Waals surface area contributed by atoms with Gasteiger partial charge in [0.05, 0.1) is 23.4 Å². The van der Waals surface area contributed by atoms with Crippen molar-refractivity contribution in [3.63, 3.8) is 0 Å². The Bertz CT molecular complexity index is 1230. The zero-order valence-electron chi connectivity index (χ0n) is 20.5. The van der Waals surface area contributed by atoms with E-state index in [2.05, 4.69) is 5.32 Å². The molecule has 1 aliphatic heterocycles. The normalized spacial score (nSPS) is 15.5. The second-order valence-corrected chi connectivity index (χ2v) is 12.6. The Labute approximate surface area is 208 Å². The minimum atomic E-state index is -3.70. The monoisotopic (exact) mass is 523 g/mol. The van der Waals surface area contributed by atoms with Crippen LogP contribution in [0.15, 0.2) is 47.4 Å². The summed E-state index contributed by atoms with van der Waals surface area (Å²) in [4.78, 5) is 12.9. The van der Waals surface area contributed by atoms with Crippen LogP contribution in [0.4, 0.5) is 5.69 Å². The first-order valence-corrected chi connectivity index (χ1v) is 14.8. The lowest BCUT2D eigenvalue weighted by molar-refractivity contribution is -0.121. The van der Waals surface area contributed by atoms with Crippen LogP contribution in [0, 0.1) is 13.8 Å². The predicted octanol–water partition coefficient (Wildman–Crippen LogP) is 2.44. The highest BCUT2D eigenvalue weighted by Gasteiger charge is 2.29. The second-order valence-electron chi connectivity index (χ2n) is 8.80. The van der Waals surface area contributed by atoms with Gasteiger partial charge in [0.1, 0.15) is 18.4 Å². The molecule has 1 N–H and O–H groups in total. The molecule has 1 fully saturated rings. The van der Waals surface area contributed by atoms with Crippen LogP contribution in [0.5, 0.6) is 5.75 Å². The first-order valence-electron chi connectivity index (χ1n) is 11.5. The highest BCUT2D eigenvalue weighted by atomic mass is 32.2. The maximum Gasteiger partial charge on any atom is 0.243 e. The fourth-order valence-corrected chi connectivity index (χ4v) is 6.84. The summed E-state index contributed by atoms with van der Waals surface area (Å²) in [6.45, 7) is 6.65. The molecule has 0 aliphatic carbocycles. The van der Waals surface area contributed by atoms with E-state index >= 15 is 0 Å². The number of hydrogen-bond donors (Lipinski definition) is 1. The van der Waals surface area contributed by atoms with Gasteiger partial charge in [-0.05, 0) is 81.1 Å². The first-order chi connectivity index (χ1) is 16.4. The molecular weight excluding hydrogens is 490 g/mol. The summed E-state index contributed by atoms with van der Waals surface area (Å²) in [5.74, 6) is 0.0194. The Balaban J connectivity index is 1.56. The second kappa shape index (κ2) is 11.0. The van der Waals surface area contributed by atoms with Crippen molar-refractivity contribution in [3.05, 3.63) is 53.6 Å². The summed E-state index contributed by atoms with van der Waals surface area (Å²) in [6, 6.07) is 10.6. The van der Waals surface area contributed by atoms with Crippen LogP contribution in [0.3, 0.4) is 0 Å². The number of nitrogens with zero attached hydrogens (tertiary/aromatic N) is 2. The third kappa shape index (κ3) is 6.74. The molecule has 0 aromatic heterocycles. The van der Waals surface area contributed by atoms with Gasteiger partial charge in [0.25, 0.3) is 0 Å². The molecule has 0 bridgehead atoms. The lowest BCUT2D eigenvalue weighted by atomic mass is 10.1. The van der Waals surface area contributed by atoms with Crippen molar-refractivity contribution >= 4 is 31.6 Å². The Morgan fingerprint density at radius 1 is 1.03 bits per heavy atom. The highest BCUT2D eigenvalue weighted by Crippen LogP contribution is 2.24. The highest BCUT2D eigenvalue weighted by molar-refractivity contribution is 7.92. The number of carbonyl (C=O) groups is 1. The maximum atomic E-state index is 12.7. The number of benzene rings is 2. The summed E-state index contributed by atoms with van der Waals surface area (Å²) in [5, 5.41) is 2.70. The standard InChI is InChI=1S/C24H33N3O6S2/c1-18-15-19(2)17-21(16-18)27(34(4,29)30)20(3)24(28)25-11-14-33-22-7-9-23(10-8-22)35(31,32)26-12-5-6-13-26/h7-10,15-17,20H,5-6,11-14H2,1-4H3,(H,25,28)/t20-/m0/s1. The Morgan fingerprint density at radius 3 is 2.14 bits per heavy atom. The minimum Gasteiger partial charge on any atom is -0.492 e. The lowest BCUT2D eigenvalue weighted by Gasteiger charge is -2.28. The summed E-state index contributed by atoms with van der Waals surface area (Å²) in [6.07, 6.45) is 2.82. The largest absolute Gasteiger partial charge is 0.492 e. The van der Waals surface area contributed by atoms with Gasteiger partial charge in [-0.3, -0.25) is 9.10 Å². The third-order valence-corrected chi connectivity index (χ3v) is 8.90. The van der Waals surface area contributed by atoms with Crippen molar-refractivity contribution in [3.8, 4) is 5.75 Å². The fraction of sp³-hybridized carbons (Fsp3) is 0.458. The van der Waals surface area contributed by atoms with Gasteiger partial charge in [-0.25, -0.2) is 16.8 Å². The van der Waals surface area contributed by atoms with E-state index in [0.717, 1.165) is 34.5 Å². The van der Waals surface area contributed by atoms with Gasteiger partial charge < -0.3 is 10.1 Å². The molecule has 0 saturated carbocycles. The molecule has 1 saturated heterocycles. The number of hydrogen-bond acceptors (Lipinski definition) is 6. The topological polar surface area (TPSA) is 113 Å². The van der Waals surface area contributed by atoms with Crippen LogP contribution in [-0.2, 0) is 24.8 Å². The van der Waals surface area contributed by atoms with E-state index in [1.165, 1.54) is 23.4 Å². The smallest absolute Gasteiger partial charge is 0.243 e. The van der Waals surface area contributed by atoms with E-state index in [9.17, 15) is 21.6 Å². The van der Waals surface area contributed by atoms with Crippen LogP contribution in [-0.4, -0.2) is 65.6 Å². The third-order valence-electron chi connectivity index (χ3n) is 5.75. The maximum absolute atomic E-state index is 12.7. The molecule has 2 aromatic rings. The van der Waals surface area contributed by atoms with Gasteiger partial charge >= 0.3 is 0 Å². The first kappa shape index (κ1) is 27.0. The lowest BCUT2D eigenvalue weighted by Crippen LogP contribution is -2.48. The van der Waals surface area contributed by atoms with E-state index in [0.29, 0.717) is 24.5 Å². The Kier molecular flexibility index (Phi) is 8.45. The van der Waals surface area contributed by atoms with Crippen molar-refractivity contribution in [2.75, 3.05) is 36.8 Å². The SMILES string of the molecule is Cc1cc(C)cc(N([C@@H](C)C(=O)NCCOc2ccc(S(=O)(=O)N3CCCC3)cc2)S(C)(=O)=O)c1. The molecule has 0 spiro atoms. The van der Waals surface area contributed by atoms with Crippen molar-refractivity contribution < 1.29 is 26.4 Å². The van der Waals surface area contributed by atoms with Crippen molar-refractivity contribution in [1.29, 1.82) is 0 Å². The summed E-state index contributed by atoms with van der Waals surface area (Å²) >= 11 is 0. The van der Waals surface area contributed by atoms with Crippen molar-refractivity contribution in [1.82, 2.24) is 9.62 Å². The minimum absolute atomic E-state index is 0.138. The number of carbonyl (C=O) groups excluding carboxylic acids is 1. The van der Waals surface area contributed by atoms with E-state index in [1.807, 2.05) is 19.9 Å². The van der Waals surface area contributed by atoms with Crippen LogP contribution in [0.1, 0.15) is 30.9 Å². The summed E-state index contributed by atoms with van der Waals surface area (Å²) in [7, 11) is -7.19. The van der Waals surface area contributed by atoms with Gasteiger partial charge in [-0.2, -0.15) is 4.31 Å². The van der Waals surface area contributed by atoms with Crippen molar-refractivity contribution in [2.24, 2.45) is 0 Å². The molecule has 1 atom stereocenters. The molecule has 1 amide bonds. The van der Waals surface area contributed by atoms with Crippen LogP contribution < -0.4 is 14.4 Å². The Hall–Kier alpha value is -2.63. The zero-order valence-corrected chi connectivity index (χ0v) is 22.2. The van der Waals surface area contributed by atoms with E-state index in [-0.39, 0.29) is 18.0 Å². The average molecular weight is 524 g/mol.